The Morgan fingerprint density at radius 2 is 2.26 bits per heavy atom. The second-order valence-electron chi connectivity index (χ2n) is 4.69. The van der Waals surface area contributed by atoms with Gasteiger partial charge in [-0.15, -0.1) is 0 Å². The van der Waals surface area contributed by atoms with Crippen LogP contribution in [0.4, 0.5) is 0 Å². The van der Waals surface area contributed by atoms with E-state index >= 15 is 0 Å². The maximum absolute atomic E-state index is 5.77. The number of halogens is 1. The lowest BCUT2D eigenvalue weighted by atomic mass is 10.2. The molecule has 0 saturated carbocycles. The number of ether oxygens (including phenoxy) is 1. The number of nitrogens with two attached hydrogens (primary N) is 1. The quantitative estimate of drug-likeness (QED) is 0.920. The number of methoxy groups -OCH3 is 1. The average molecular weight is 324 g/mol. The monoisotopic (exact) mass is 323 g/mol. The molecule has 2 aromatic rings. The minimum absolute atomic E-state index is 0.137. The molecule has 0 bridgehead atoms. The standard InChI is InChI=1S/C14H18BrN3O/c1-10(16)5-12-8-18(9-17-12)7-11-3-4-14(19-2)13(15)6-11/h3-4,6,8-10H,5,7,16H2,1-2H3. The Balaban J connectivity index is 2.08. The topological polar surface area (TPSA) is 53.1 Å². The number of hydrogen-bond acceptors (Lipinski definition) is 3. The summed E-state index contributed by atoms with van der Waals surface area (Å²) in [6.07, 6.45) is 4.69. The maximum atomic E-state index is 5.77. The average Bonchev–Trinajstić information content (AvgIpc) is 2.76. The van der Waals surface area contributed by atoms with E-state index in [4.69, 9.17) is 10.5 Å². The highest BCUT2D eigenvalue weighted by Crippen LogP contribution is 2.25. The fourth-order valence-electron chi connectivity index (χ4n) is 1.95. The summed E-state index contributed by atoms with van der Waals surface area (Å²) in [6, 6.07) is 6.21. The van der Waals surface area contributed by atoms with Gasteiger partial charge in [-0.3, -0.25) is 0 Å². The summed E-state index contributed by atoms with van der Waals surface area (Å²) >= 11 is 3.49. The second kappa shape index (κ2) is 6.21. The number of rotatable bonds is 5. The molecule has 2 N–H and O–H groups in total. The van der Waals surface area contributed by atoms with Gasteiger partial charge < -0.3 is 15.0 Å². The van der Waals surface area contributed by atoms with Crippen molar-refractivity contribution < 1.29 is 4.74 Å². The smallest absolute Gasteiger partial charge is 0.133 e. The van der Waals surface area contributed by atoms with E-state index in [0.29, 0.717) is 0 Å². The molecular weight excluding hydrogens is 306 g/mol. The molecule has 1 unspecified atom stereocenters. The highest BCUT2D eigenvalue weighted by molar-refractivity contribution is 9.10. The van der Waals surface area contributed by atoms with Crippen molar-refractivity contribution in [1.82, 2.24) is 9.55 Å². The van der Waals surface area contributed by atoms with Gasteiger partial charge in [-0.05, 0) is 40.5 Å². The summed E-state index contributed by atoms with van der Waals surface area (Å²) in [7, 11) is 1.66. The third-order valence-electron chi connectivity index (χ3n) is 2.80. The van der Waals surface area contributed by atoms with Crippen molar-refractivity contribution in [2.45, 2.75) is 25.9 Å². The Kier molecular flexibility index (Phi) is 4.61. The second-order valence-corrected chi connectivity index (χ2v) is 5.54. The Bertz CT molecular complexity index is 551. The largest absolute Gasteiger partial charge is 0.496 e. The highest BCUT2D eigenvalue weighted by atomic mass is 79.9. The Hall–Kier alpha value is -1.33. The van der Waals surface area contributed by atoms with Gasteiger partial charge in [-0.2, -0.15) is 0 Å². The van der Waals surface area contributed by atoms with Crippen LogP contribution in [0, 0.1) is 0 Å². The fourth-order valence-corrected chi connectivity index (χ4v) is 2.54. The van der Waals surface area contributed by atoms with Gasteiger partial charge in [0.25, 0.3) is 0 Å². The zero-order chi connectivity index (χ0) is 13.8. The molecule has 5 heteroatoms. The first-order valence-electron chi connectivity index (χ1n) is 6.17. The highest BCUT2D eigenvalue weighted by Gasteiger charge is 2.05. The first-order valence-corrected chi connectivity index (χ1v) is 6.96. The van der Waals surface area contributed by atoms with Crippen LogP contribution in [0.5, 0.6) is 5.75 Å². The number of aromatic nitrogens is 2. The number of nitrogens with zero attached hydrogens (tertiary/aromatic N) is 2. The summed E-state index contributed by atoms with van der Waals surface area (Å²) in [5, 5.41) is 0. The zero-order valence-corrected chi connectivity index (χ0v) is 12.7. The van der Waals surface area contributed by atoms with E-state index in [1.807, 2.05) is 25.5 Å². The lowest BCUT2D eigenvalue weighted by Crippen LogP contribution is -2.17. The Labute approximate surface area is 121 Å². The molecule has 1 atom stereocenters. The van der Waals surface area contributed by atoms with E-state index in [2.05, 4.69) is 37.6 Å². The molecular formula is C14H18BrN3O. The van der Waals surface area contributed by atoms with E-state index in [9.17, 15) is 0 Å². The van der Waals surface area contributed by atoms with Crippen molar-refractivity contribution in [2.24, 2.45) is 5.73 Å². The molecule has 0 radical (unpaired) electrons. The molecule has 1 aromatic carbocycles. The SMILES string of the molecule is COc1ccc(Cn2cnc(CC(C)N)c2)cc1Br. The summed E-state index contributed by atoms with van der Waals surface area (Å²) in [5.74, 6) is 0.840. The molecule has 0 amide bonds. The van der Waals surface area contributed by atoms with Crippen LogP contribution in [-0.4, -0.2) is 22.7 Å². The lowest BCUT2D eigenvalue weighted by Gasteiger charge is -2.07. The summed E-state index contributed by atoms with van der Waals surface area (Å²) < 4.78 is 8.24. The van der Waals surface area contributed by atoms with Crippen molar-refractivity contribution in [1.29, 1.82) is 0 Å². The Morgan fingerprint density at radius 1 is 1.47 bits per heavy atom. The summed E-state index contributed by atoms with van der Waals surface area (Å²) in [4.78, 5) is 4.36. The van der Waals surface area contributed by atoms with Crippen LogP contribution < -0.4 is 10.5 Å². The van der Waals surface area contributed by atoms with Gasteiger partial charge in [0.05, 0.1) is 23.6 Å². The van der Waals surface area contributed by atoms with Crippen LogP contribution in [0.1, 0.15) is 18.2 Å². The first-order chi connectivity index (χ1) is 9.08. The first kappa shape index (κ1) is 14.1. The maximum Gasteiger partial charge on any atom is 0.133 e. The molecule has 2 rings (SSSR count). The van der Waals surface area contributed by atoms with Crippen LogP contribution in [0.2, 0.25) is 0 Å². The minimum atomic E-state index is 0.137. The number of hydrogen-bond donors (Lipinski definition) is 1. The summed E-state index contributed by atoms with van der Waals surface area (Å²) in [6.45, 7) is 2.77. The van der Waals surface area contributed by atoms with Crippen molar-refractivity contribution in [3.63, 3.8) is 0 Å². The molecule has 0 spiro atoms. The molecule has 4 nitrogen and oxygen atoms in total. The molecule has 0 aliphatic heterocycles. The predicted molar refractivity (Wildman–Crippen MR) is 79.4 cm³/mol. The zero-order valence-electron chi connectivity index (χ0n) is 11.1. The number of imidazole rings is 1. The van der Waals surface area contributed by atoms with Crippen molar-refractivity contribution >= 4 is 15.9 Å². The van der Waals surface area contributed by atoms with Gasteiger partial charge >= 0.3 is 0 Å². The fraction of sp³-hybridized carbons (Fsp3) is 0.357. The third kappa shape index (κ3) is 3.81. The van der Waals surface area contributed by atoms with Gasteiger partial charge in [0.1, 0.15) is 5.75 Å². The number of benzene rings is 1. The van der Waals surface area contributed by atoms with Crippen LogP contribution >= 0.6 is 15.9 Å². The molecule has 0 aliphatic rings. The van der Waals surface area contributed by atoms with Gasteiger partial charge in [-0.1, -0.05) is 6.07 Å². The van der Waals surface area contributed by atoms with E-state index in [0.717, 1.165) is 28.9 Å². The molecule has 19 heavy (non-hydrogen) atoms. The molecule has 0 fully saturated rings. The molecule has 0 saturated heterocycles. The lowest BCUT2D eigenvalue weighted by molar-refractivity contribution is 0.412. The van der Waals surface area contributed by atoms with Crippen LogP contribution in [0.3, 0.4) is 0 Å². The normalized spacial score (nSPS) is 12.4. The van der Waals surface area contributed by atoms with Crippen LogP contribution in [0.15, 0.2) is 35.2 Å². The summed E-state index contributed by atoms with van der Waals surface area (Å²) in [5.41, 5.74) is 7.99. The van der Waals surface area contributed by atoms with Gasteiger partial charge in [0, 0.05) is 25.2 Å². The van der Waals surface area contributed by atoms with Gasteiger partial charge in [0.2, 0.25) is 0 Å². The Morgan fingerprint density at radius 3 is 2.89 bits per heavy atom. The third-order valence-corrected chi connectivity index (χ3v) is 3.42. The molecule has 102 valence electrons. The molecule has 1 aromatic heterocycles. The van der Waals surface area contributed by atoms with Gasteiger partial charge in [0.15, 0.2) is 0 Å². The molecule has 1 heterocycles. The van der Waals surface area contributed by atoms with Crippen molar-refractivity contribution in [3.05, 3.63) is 46.5 Å². The van der Waals surface area contributed by atoms with E-state index < -0.39 is 0 Å². The van der Waals surface area contributed by atoms with Crippen LogP contribution in [-0.2, 0) is 13.0 Å². The van der Waals surface area contributed by atoms with Crippen molar-refractivity contribution in [2.75, 3.05) is 7.11 Å². The van der Waals surface area contributed by atoms with Gasteiger partial charge in [-0.25, -0.2) is 4.98 Å². The predicted octanol–water partition coefficient (Wildman–Crippen LogP) is 2.59. The van der Waals surface area contributed by atoms with E-state index in [-0.39, 0.29) is 6.04 Å². The van der Waals surface area contributed by atoms with E-state index in [1.165, 1.54) is 5.56 Å². The van der Waals surface area contributed by atoms with Crippen molar-refractivity contribution in [3.8, 4) is 5.75 Å². The minimum Gasteiger partial charge on any atom is -0.496 e. The van der Waals surface area contributed by atoms with E-state index in [1.54, 1.807) is 7.11 Å². The molecule has 0 aliphatic carbocycles. The van der Waals surface area contributed by atoms with Crippen LogP contribution in [0.25, 0.3) is 0 Å².